The molecule has 0 atom stereocenters. The number of ether oxygens (including phenoxy) is 1. The lowest BCUT2D eigenvalue weighted by Crippen LogP contribution is -2.01. The summed E-state index contributed by atoms with van der Waals surface area (Å²) in [6.45, 7) is 2.74. The van der Waals surface area contributed by atoms with Crippen molar-refractivity contribution in [3.8, 4) is 11.8 Å². The fourth-order valence-corrected chi connectivity index (χ4v) is 1.76. The van der Waals surface area contributed by atoms with E-state index in [9.17, 15) is 9.59 Å². The van der Waals surface area contributed by atoms with Crippen LogP contribution < -0.4 is 10.5 Å². The molecule has 0 unspecified atom stereocenters. The third kappa shape index (κ3) is 8.07. The number of nitriles is 1. The van der Waals surface area contributed by atoms with Gasteiger partial charge < -0.3 is 15.6 Å². The fraction of sp³-hybridized carbons (Fsp3) is 0.235. The maximum atomic E-state index is 10.7. The number of nitrogens with two attached hydrogens (primary N) is 1. The van der Waals surface area contributed by atoms with Gasteiger partial charge in [-0.3, -0.25) is 9.59 Å². The summed E-state index contributed by atoms with van der Waals surface area (Å²) in [5.74, 6) is -0.416. The number of amides is 1. The highest BCUT2D eigenvalue weighted by Gasteiger charge is 2.06. The third-order valence-electron chi connectivity index (χ3n) is 2.52. The predicted octanol–water partition coefficient (Wildman–Crippen LogP) is 2.50. The summed E-state index contributed by atoms with van der Waals surface area (Å²) in [4.78, 5) is 20.0. The molecule has 0 aliphatic carbocycles. The average molecular weight is 316 g/mol. The smallest absolute Gasteiger partial charge is 0.307 e. The van der Waals surface area contributed by atoms with E-state index in [1.165, 1.54) is 13.8 Å². The van der Waals surface area contributed by atoms with Crippen LogP contribution in [-0.4, -0.2) is 24.1 Å². The molecular weight excluding hydrogens is 296 g/mol. The van der Waals surface area contributed by atoms with Gasteiger partial charge in [0.2, 0.25) is 5.91 Å². The van der Waals surface area contributed by atoms with Gasteiger partial charge in [-0.05, 0) is 28.5 Å². The highest BCUT2D eigenvalue weighted by atomic mass is 16.5. The van der Waals surface area contributed by atoms with Crippen LogP contribution in [0.3, 0.4) is 0 Å². The molecule has 0 spiro atoms. The van der Waals surface area contributed by atoms with E-state index in [0.29, 0.717) is 0 Å². The standard InChI is InChI=1S/C13H12O3.C2H5NO.C2H3N/c1-16-11-6-5-9-3-2-4-10(7-13(14)15)12(9)8-11;1-2(3)4;1-2-3/h2-6,8H,7H2,1H3,(H,14,15);1H3,(H2,3,4);1H3. The Labute approximate surface area is 135 Å². The fourth-order valence-electron chi connectivity index (χ4n) is 1.76. The highest BCUT2D eigenvalue weighted by molar-refractivity contribution is 5.89. The Morgan fingerprint density at radius 1 is 1.30 bits per heavy atom. The molecule has 6 nitrogen and oxygen atoms in total. The quantitative estimate of drug-likeness (QED) is 0.903. The number of methoxy groups -OCH3 is 1. The van der Waals surface area contributed by atoms with Gasteiger partial charge in [0.25, 0.3) is 0 Å². The third-order valence-corrected chi connectivity index (χ3v) is 2.52. The summed E-state index contributed by atoms with van der Waals surface area (Å²) >= 11 is 0. The molecule has 2 aromatic rings. The zero-order valence-corrected chi connectivity index (χ0v) is 13.4. The van der Waals surface area contributed by atoms with Crippen LogP contribution in [0.1, 0.15) is 19.4 Å². The van der Waals surface area contributed by atoms with Crippen molar-refractivity contribution in [1.29, 1.82) is 5.26 Å². The molecule has 3 N–H and O–H groups in total. The van der Waals surface area contributed by atoms with Gasteiger partial charge in [-0.1, -0.05) is 24.3 Å². The number of hydrogen-bond acceptors (Lipinski definition) is 4. The molecule has 0 aromatic heterocycles. The number of benzene rings is 2. The van der Waals surface area contributed by atoms with Crippen LogP contribution in [0.2, 0.25) is 0 Å². The van der Waals surface area contributed by atoms with E-state index in [2.05, 4.69) is 5.73 Å². The summed E-state index contributed by atoms with van der Waals surface area (Å²) in [5, 5.41) is 18.1. The number of carboxylic acids is 1. The lowest BCUT2D eigenvalue weighted by atomic mass is 10.0. The first-order valence-corrected chi connectivity index (χ1v) is 6.70. The second kappa shape index (κ2) is 10.6. The number of carbonyl (C=O) groups excluding carboxylic acids is 1. The molecule has 0 saturated heterocycles. The van der Waals surface area contributed by atoms with Gasteiger partial charge in [-0.2, -0.15) is 5.26 Å². The van der Waals surface area contributed by atoms with E-state index in [1.807, 2.05) is 36.4 Å². The zero-order chi connectivity index (χ0) is 17.8. The molecule has 0 aliphatic rings. The second-order valence-corrected chi connectivity index (χ2v) is 4.41. The maximum Gasteiger partial charge on any atom is 0.307 e. The van der Waals surface area contributed by atoms with E-state index in [4.69, 9.17) is 15.1 Å². The summed E-state index contributed by atoms with van der Waals surface area (Å²) in [6.07, 6.45) is 0.0322. The normalized spacial score (nSPS) is 8.61. The Balaban J connectivity index is 0.000000591. The largest absolute Gasteiger partial charge is 0.497 e. The number of rotatable bonds is 3. The molecule has 122 valence electrons. The molecule has 2 rings (SSSR count). The number of hydrogen-bond donors (Lipinski definition) is 2. The van der Waals surface area contributed by atoms with Gasteiger partial charge in [0.1, 0.15) is 5.75 Å². The number of fused-ring (bicyclic) bond motifs is 1. The number of nitrogens with zero attached hydrogens (tertiary/aromatic N) is 1. The maximum absolute atomic E-state index is 10.7. The van der Waals surface area contributed by atoms with E-state index >= 15 is 0 Å². The molecule has 0 aliphatic heterocycles. The summed E-state index contributed by atoms with van der Waals surface area (Å²) in [6, 6.07) is 13.1. The lowest BCUT2D eigenvalue weighted by Gasteiger charge is -2.06. The summed E-state index contributed by atoms with van der Waals surface area (Å²) in [5.41, 5.74) is 5.28. The van der Waals surface area contributed by atoms with E-state index in [-0.39, 0.29) is 12.3 Å². The van der Waals surface area contributed by atoms with E-state index < -0.39 is 5.97 Å². The number of aliphatic carboxylic acids is 1. The predicted molar refractivity (Wildman–Crippen MR) is 88.0 cm³/mol. The van der Waals surface area contributed by atoms with Crippen LogP contribution in [0.4, 0.5) is 0 Å². The van der Waals surface area contributed by atoms with E-state index in [0.717, 1.165) is 22.1 Å². The van der Waals surface area contributed by atoms with Crippen molar-refractivity contribution in [2.24, 2.45) is 5.73 Å². The molecule has 0 heterocycles. The Kier molecular flexibility index (Phi) is 9.21. The van der Waals surface area contributed by atoms with Crippen molar-refractivity contribution in [3.05, 3.63) is 42.0 Å². The molecule has 0 radical (unpaired) electrons. The Hall–Kier alpha value is -3.07. The molecule has 0 saturated carbocycles. The summed E-state index contributed by atoms with van der Waals surface area (Å²) < 4.78 is 5.13. The Bertz CT molecular complexity index is 701. The first-order chi connectivity index (χ1) is 10.8. The van der Waals surface area contributed by atoms with Crippen molar-refractivity contribution in [1.82, 2.24) is 0 Å². The molecule has 1 amide bonds. The van der Waals surface area contributed by atoms with Crippen LogP contribution in [-0.2, 0) is 16.0 Å². The Morgan fingerprint density at radius 2 is 1.87 bits per heavy atom. The summed E-state index contributed by atoms with van der Waals surface area (Å²) in [7, 11) is 1.60. The van der Waals surface area contributed by atoms with Gasteiger partial charge in [0.15, 0.2) is 0 Å². The lowest BCUT2D eigenvalue weighted by molar-refractivity contribution is -0.136. The van der Waals surface area contributed by atoms with Crippen molar-refractivity contribution in [2.75, 3.05) is 7.11 Å². The van der Waals surface area contributed by atoms with Crippen LogP contribution in [0.15, 0.2) is 36.4 Å². The van der Waals surface area contributed by atoms with Gasteiger partial charge in [0, 0.05) is 13.8 Å². The Morgan fingerprint density at radius 3 is 2.35 bits per heavy atom. The minimum Gasteiger partial charge on any atom is -0.497 e. The van der Waals surface area contributed by atoms with Gasteiger partial charge in [0.05, 0.1) is 19.6 Å². The van der Waals surface area contributed by atoms with Crippen LogP contribution in [0, 0.1) is 11.3 Å². The average Bonchev–Trinajstić information content (AvgIpc) is 2.47. The molecule has 2 aromatic carbocycles. The van der Waals surface area contributed by atoms with E-state index in [1.54, 1.807) is 13.2 Å². The molecule has 6 heteroatoms. The van der Waals surface area contributed by atoms with Crippen molar-refractivity contribution >= 4 is 22.6 Å². The van der Waals surface area contributed by atoms with Crippen LogP contribution in [0.5, 0.6) is 5.75 Å². The van der Waals surface area contributed by atoms with Crippen LogP contribution >= 0.6 is 0 Å². The molecule has 0 fully saturated rings. The minimum absolute atomic E-state index is 0.0322. The monoisotopic (exact) mass is 316 g/mol. The topological polar surface area (TPSA) is 113 Å². The van der Waals surface area contributed by atoms with Crippen LogP contribution in [0.25, 0.3) is 10.8 Å². The number of carbonyl (C=O) groups is 2. The van der Waals surface area contributed by atoms with Crippen molar-refractivity contribution < 1.29 is 19.4 Å². The SMILES string of the molecule is CC#N.CC(N)=O.COc1ccc2cccc(CC(=O)O)c2c1. The minimum atomic E-state index is -0.824. The zero-order valence-electron chi connectivity index (χ0n) is 13.4. The van der Waals surface area contributed by atoms with Crippen molar-refractivity contribution in [2.45, 2.75) is 20.3 Å². The first-order valence-electron chi connectivity index (χ1n) is 6.70. The van der Waals surface area contributed by atoms with Gasteiger partial charge in [-0.15, -0.1) is 0 Å². The first kappa shape index (κ1) is 19.9. The second-order valence-electron chi connectivity index (χ2n) is 4.41. The highest BCUT2D eigenvalue weighted by Crippen LogP contribution is 2.24. The van der Waals surface area contributed by atoms with Gasteiger partial charge >= 0.3 is 5.97 Å². The number of primary amides is 1. The van der Waals surface area contributed by atoms with Gasteiger partial charge in [-0.25, -0.2) is 0 Å². The number of carboxylic acid groups (broad SMARTS) is 1. The van der Waals surface area contributed by atoms with Crippen molar-refractivity contribution in [3.63, 3.8) is 0 Å². The molecule has 0 bridgehead atoms. The molecule has 23 heavy (non-hydrogen) atoms. The molecular formula is C17H20N2O4.